The molecular formula is C24H30N2O4. The fourth-order valence-electron chi connectivity index (χ4n) is 3.60. The molecule has 30 heavy (non-hydrogen) atoms. The molecule has 1 fully saturated rings. The fourth-order valence-corrected chi connectivity index (χ4v) is 3.60. The first-order valence-corrected chi connectivity index (χ1v) is 10.5. The first-order chi connectivity index (χ1) is 14.5. The van der Waals surface area contributed by atoms with Crippen molar-refractivity contribution in [3.63, 3.8) is 0 Å². The number of hydrogen-bond acceptors (Lipinski definition) is 4. The number of para-hydroxylation sites is 1. The number of hydrogen-bond donors (Lipinski definition) is 2. The van der Waals surface area contributed by atoms with Gasteiger partial charge in [-0.2, -0.15) is 0 Å². The van der Waals surface area contributed by atoms with Crippen LogP contribution in [0.1, 0.15) is 47.7 Å². The molecule has 160 valence electrons. The molecule has 2 aromatic rings. The molecule has 1 aliphatic heterocycles. The van der Waals surface area contributed by atoms with Crippen LogP contribution in [0, 0.1) is 13.8 Å². The van der Waals surface area contributed by atoms with Gasteiger partial charge in [0.1, 0.15) is 5.75 Å². The molecule has 0 aliphatic carbocycles. The molecule has 2 atom stereocenters. The van der Waals surface area contributed by atoms with E-state index in [0.717, 1.165) is 30.6 Å². The molecule has 3 rings (SSSR count). The van der Waals surface area contributed by atoms with Gasteiger partial charge in [0.2, 0.25) is 0 Å². The van der Waals surface area contributed by atoms with Gasteiger partial charge in [0.25, 0.3) is 11.8 Å². The maximum Gasteiger partial charge on any atom is 0.265 e. The Morgan fingerprint density at radius 2 is 1.90 bits per heavy atom. The third-order valence-corrected chi connectivity index (χ3v) is 5.08. The van der Waals surface area contributed by atoms with Gasteiger partial charge in [0.05, 0.1) is 17.4 Å². The largest absolute Gasteiger partial charge is 0.481 e. The molecule has 2 N–H and O–H groups in total. The zero-order chi connectivity index (χ0) is 21.5. The molecule has 2 amide bonds. The molecule has 0 radical (unpaired) electrons. The van der Waals surface area contributed by atoms with Gasteiger partial charge in [-0.15, -0.1) is 0 Å². The number of benzene rings is 2. The lowest BCUT2D eigenvalue weighted by molar-refractivity contribution is -0.122. The van der Waals surface area contributed by atoms with Crippen LogP contribution in [0.5, 0.6) is 5.75 Å². The molecule has 2 unspecified atom stereocenters. The van der Waals surface area contributed by atoms with Crippen molar-refractivity contribution >= 4 is 17.5 Å². The Balaban J connectivity index is 1.66. The SMILES string of the molecule is CCC(Oc1cc(C)cc(C)c1)C(=O)Nc1ccccc1C(=O)NCC1CCCO1. The van der Waals surface area contributed by atoms with E-state index in [9.17, 15) is 9.59 Å². The Labute approximate surface area is 178 Å². The molecular weight excluding hydrogens is 380 g/mol. The summed E-state index contributed by atoms with van der Waals surface area (Å²) in [5.41, 5.74) is 3.04. The van der Waals surface area contributed by atoms with Crippen LogP contribution in [-0.4, -0.2) is 37.2 Å². The molecule has 0 aromatic heterocycles. The minimum Gasteiger partial charge on any atom is -0.481 e. The zero-order valence-corrected chi connectivity index (χ0v) is 17.9. The van der Waals surface area contributed by atoms with Crippen molar-refractivity contribution in [2.24, 2.45) is 0 Å². The molecule has 2 aromatic carbocycles. The third kappa shape index (κ3) is 5.83. The van der Waals surface area contributed by atoms with Gasteiger partial charge in [-0.3, -0.25) is 9.59 Å². The van der Waals surface area contributed by atoms with Crippen molar-refractivity contribution in [1.82, 2.24) is 5.32 Å². The van der Waals surface area contributed by atoms with Crippen molar-refractivity contribution in [1.29, 1.82) is 0 Å². The third-order valence-electron chi connectivity index (χ3n) is 5.08. The van der Waals surface area contributed by atoms with Crippen LogP contribution in [-0.2, 0) is 9.53 Å². The average Bonchev–Trinajstić information content (AvgIpc) is 3.23. The van der Waals surface area contributed by atoms with Crippen LogP contribution in [0.25, 0.3) is 0 Å². The highest BCUT2D eigenvalue weighted by atomic mass is 16.5. The molecule has 6 heteroatoms. The van der Waals surface area contributed by atoms with Gasteiger partial charge < -0.3 is 20.1 Å². The van der Waals surface area contributed by atoms with Crippen LogP contribution in [0.4, 0.5) is 5.69 Å². The van der Waals surface area contributed by atoms with Crippen molar-refractivity contribution in [3.8, 4) is 5.75 Å². The number of rotatable bonds is 8. The van der Waals surface area contributed by atoms with E-state index in [4.69, 9.17) is 9.47 Å². The van der Waals surface area contributed by atoms with Gasteiger partial charge in [0.15, 0.2) is 6.10 Å². The molecule has 1 saturated heterocycles. The fraction of sp³-hybridized carbons (Fsp3) is 0.417. The van der Waals surface area contributed by atoms with Crippen molar-refractivity contribution < 1.29 is 19.1 Å². The Morgan fingerprint density at radius 1 is 1.17 bits per heavy atom. The maximum absolute atomic E-state index is 12.9. The Hall–Kier alpha value is -2.86. The number of amides is 2. The van der Waals surface area contributed by atoms with E-state index in [1.165, 1.54) is 0 Å². The van der Waals surface area contributed by atoms with Gasteiger partial charge in [-0.1, -0.05) is 25.1 Å². The lowest BCUT2D eigenvalue weighted by atomic mass is 10.1. The van der Waals surface area contributed by atoms with E-state index in [-0.39, 0.29) is 17.9 Å². The van der Waals surface area contributed by atoms with E-state index in [0.29, 0.717) is 30.0 Å². The summed E-state index contributed by atoms with van der Waals surface area (Å²) in [7, 11) is 0. The smallest absolute Gasteiger partial charge is 0.265 e. The van der Waals surface area contributed by atoms with E-state index >= 15 is 0 Å². The number of anilines is 1. The van der Waals surface area contributed by atoms with E-state index in [1.807, 2.05) is 32.9 Å². The monoisotopic (exact) mass is 410 g/mol. The summed E-state index contributed by atoms with van der Waals surface area (Å²) in [6.07, 6.45) is 1.88. The van der Waals surface area contributed by atoms with Crippen LogP contribution >= 0.6 is 0 Å². The summed E-state index contributed by atoms with van der Waals surface area (Å²) in [6, 6.07) is 12.9. The number of carbonyl (C=O) groups is 2. The normalized spacial score (nSPS) is 16.7. The summed E-state index contributed by atoms with van der Waals surface area (Å²) in [6.45, 7) is 7.09. The van der Waals surface area contributed by atoms with Crippen LogP contribution in [0.3, 0.4) is 0 Å². The summed E-state index contributed by atoms with van der Waals surface area (Å²) < 4.78 is 11.5. The van der Waals surface area contributed by atoms with E-state index in [1.54, 1.807) is 24.3 Å². The lowest BCUT2D eigenvalue weighted by Crippen LogP contribution is -2.35. The number of aryl methyl sites for hydroxylation is 2. The minimum atomic E-state index is -0.658. The quantitative estimate of drug-likeness (QED) is 0.689. The minimum absolute atomic E-state index is 0.0614. The van der Waals surface area contributed by atoms with E-state index in [2.05, 4.69) is 16.7 Å². The summed E-state index contributed by atoms with van der Waals surface area (Å²) in [4.78, 5) is 25.5. The zero-order valence-electron chi connectivity index (χ0n) is 17.9. The predicted octanol–water partition coefficient (Wildman–Crippen LogP) is 4.01. The summed E-state index contributed by atoms with van der Waals surface area (Å²) >= 11 is 0. The lowest BCUT2D eigenvalue weighted by Gasteiger charge is -2.19. The summed E-state index contributed by atoms with van der Waals surface area (Å²) in [5.74, 6) is 0.151. The second kappa shape index (κ2) is 10.3. The standard InChI is InChI=1S/C24H30N2O4/c1-4-22(30-19-13-16(2)12-17(3)14-19)24(28)26-21-10-6-5-9-20(21)23(27)25-15-18-8-7-11-29-18/h5-6,9-10,12-14,18,22H,4,7-8,11,15H2,1-3H3,(H,25,27)(H,26,28). The van der Waals surface area contributed by atoms with Crippen LogP contribution < -0.4 is 15.4 Å². The van der Waals surface area contributed by atoms with E-state index < -0.39 is 6.10 Å². The molecule has 6 nitrogen and oxygen atoms in total. The number of nitrogens with one attached hydrogen (secondary N) is 2. The average molecular weight is 411 g/mol. The summed E-state index contributed by atoms with van der Waals surface area (Å²) in [5, 5.41) is 5.77. The van der Waals surface area contributed by atoms with Gasteiger partial charge in [-0.25, -0.2) is 0 Å². The first kappa shape index (κ1) is 21.8. The number of carbonyl (C=O) groups excluding carboxylic acids is 2. The van der Waals surface area contributed by atoms with Crippen molar-refractivity contribution in [2.75, 3.05) is 18.5 Å². The molecule has 1 aliphatic rings. The maximum atomic E-state index is 12.9. The van der Waals surface area contributed by atoms with Gasteiger partial charge >= 0.3 is 0 Å². The topological polar surface area (TPSA) is 76.7 Å². The first-order valence-electron chi connectivity index (χ1n) is 10.5. The van der Waals surface area contributed by atoms with Crippen LogP contribution in [0.15, 0.2) is 42.5 Å². The second-order valence-electron chi connectivity index (χ2n) is 7.72. The van der Waals surface area contributed by atoms with Crippen molar-refractivity contribution in [2.45, 2.75) is 52.2 Å². The molecule has 0 saturated carbocycles. The Bertz CT molecular complexity index is 870. The number of ether oxygens (including phenoxy) is 2. The Kier molecular flexibility index (Phi) is 7.46. The second-order valence-corrected chi connectivity index (χ2v) is 7.72. The predicted molar refractivity (Wildman–Crippen MR) is 117 cm³/mol. The molecule has 1 heterocycles. The van der Waals surface area contributed by atoms with Gasteiger partial charge in [0, 0.05) is 13.2 Å². The highest BCUT2D eigenvalue weighted by Gasteiger charge is 2.22. The molecule has 0 spiro atoms. The highest BCUT2D eigenvalue weighted by molar-refractivity contribution is 6.04. The van der Waals surface area contributed by atoms with Crippen LogP contribution in [0.2, 0.25) is 0 Å². The van der Waals surface area contributed by atoms with Gasteiger partial charge in [-0.05, 0) is 68.5 Å². The molecule has 0 bridgehead atoms. The highest BCUT2D eigenvalue weighted by Crippen LogP contribution is 2.21. The van der Waals surface area contributed by atoms with Crippen molar-refractivity contribution in [3.05, 3.63) is 59.2 Å². The Morgan fingerprint density at radius 3 is 2.57 bits per heavy atom.